The molecule has 0 unspecified atom stereocenters. The van der Waals surface area contributed by atoms with Gasteiger partial charge in [-0.3, -0.25) is 14.4 Å². The number of benzene rings is 3. The largest absolute Gasteiger partial charge is 0.348 e. The molecule has 1 saturated heterocycles. The SMILES string of the molecule is O=C(NCc1ccc(C(=O)N2CCCC2)cc1)c1ccc(NC(=O)c2cc(Cl)cc(Cl)c2)cc1. The fourth-order valence-corrected chi connectivity index (χ4v) is 4.27. The van der Waals surface area contributed by atoms with Crippen molar-refractivity contribution in [1.29, 1.82) is 0 Å². The van der Waals surface area contributed by atoms with Gasteiger partial charge < -0.3 is 15.5 Å². The topological polar surface area (TPSA) is 78.5 Å². The molecule has 0 bridgehead atoms. The summed E-state index contributed by atoms with van der Waals surface area (Å²) in [6, 6.07) is 18.5. The number of nitrogens with zero attached hydrogens (tertiary/aromatic N) is 1. The number of rotatable bonds is 6. The van der Waals surface area contributed by atoms with Gasteiger partial charge in [0.15, 0.2) is 0 Å². The molecule has 3 amide bonds. The summed E-state index contributed by atoms with van der Waals surface area (Å²) < 4.78 is 0. The van der Waals surface area contributed by atoms with E-state index in [2.05, 4.69) is 10.6 Å². The number of amides is 3. The Kier molecular flexibility index (Phi) is 7.50. The molecule has 6 nitrogen and oxygen atoms in total. The Morgan fingerprint density at radius 1 is 0.735 bits per heavy atom. The predicted octanol–water partition coefficient (Wildman–Crippen LogP) is 5.41. The van der Waals surface area contributed by atoms with Crippen LogP contribution in [0.3, 0.4) is 0 Å². The summed E-state index contributed by atoms with van der Waals surface area (Å²) in [5.74, 6) is -0.538. The van der Waals surface area contributed by atoms with Crippen molar-refractivity contribution in [2.45, 2.75) is 19.4 Å². The molecule has 2 N–H and O–H groups in total. The first-order valence-corrected chi connectivity index (χ1v) is 11.7. The van der Waals surface area contributed by atoms with Crippen LogP contribution >= 0.6 is 23.2 Å². The molecular formula is C26H23Cl2N3O3. The number of halogens is 2. The van der Waals surface area contributed by atoms with E-state index in [1.165, 1.54) is 12.1 Å². The van der Waals surface area contributed by atoms with Crippen molar-refractivity contribution in [3.05, 3.63) is 99.0 Å². The predicted molar refractivity (Wildman–Crippen MR) is 134 cm³/mol. The van der Waals surface area contributed by atoms with Crippen LogP contribution in [-0.4, -0.2) is 35.7 Å². The first-order valence-electron chi connectivity index (χ1n) is 10.9. The summed E-state index contributed by atoms with van der Waals surface area (Å²) in [5.41, 5.74) is 2.90. The quantitative estimate of drug-likeness (QED) is 0.479. The zero-order valence-electron chi connectivity index (χ0n) is 18.3. The minimum atomic E-state index is -0.353. The Hall–Kier alpha value is -3.35. The minimum absolute atomic E-state index is 0.0544. The Morgan fingerprint density at radius 2 is 1.32 bits per heavy atom. The lowest BCUT2D eigenvalue weighted by atomic mass is 10.1. The molecule has 174 valence electrons. The molecule has 0 aliphatic carbocycles. The molecule has 34 heavy (non-hydrogen) atoms. The van der Waals surface area contributed by atoms with Gasteiger partial charge in [-0.15, -0.1) is 0 Å². The van der Waals surface area contributed by atoms with Crippen molar-refractivity contribution in [3.8, 4) is 0 Å². The second kappa shape index (κ2) is 10.7. The van der Waals surface area contributed by atoms with Crippen LogP contribution in [-0.2, 0) is 6.54 Å². The van der Waals surface area contributed by atoms with Gasteiger partial charge >= 0.3 is 0 Å². The van der Waals surface area contributed by atoms with Crippen molar-refractivity contribution in [2.75, 3.05) is 18.4 Å². The van der Waals surface area contributed by atoms with Crippen molar-refractivity contribution < 1.29 is 14.4 Å². The highest BCUT2D eigenvalue weighted by molar-refractivity contribution is 6.35. The van der Waals surface area contributed by atoms with E-state index in [1.807, 2.05) is 17.0 Å². The number of carbonyl (C=O) groups is 3. The van der Waals surface area contributed by atoms with Crippen LogP contribution in [0.5, 0.6) is 0 Å². The molecular weight excluding hydrogens is 473 g/mol. The van der Waals surface area contributed by atoms with Gasteiger partial charge in [-0.2, -0.15) is 0 Å². The maximum absolute atomic E-state index is 12.5. The average molecular weight is 496 g/mol. The van der Waals surface area contributed by atoms with Gasteiger partial charge in [0.05, 0.1) is 0 Å². The highest BCUT2D eigenvalue weighted by Gasteiger charge is 2.19. The van der Waals surface area contributed by atoms with Crippen LogP contribution in [0.15, 0.2) is 66.7 Å². The van der Waals surface area contributed by atoms with E-state index in [1.54, 1.807) is 42.5 Å². The molecule has 3 aromatic carbocycles. The third-order valence-electron chi connectivity index (χ3n) is 5.58. The van der Waals surface area contributed by atoms with E-state index in [0.717, 1.165) is 31.5 Å². The lowest BCUT2D eigenvalue weighted by Crippen LogP contribution is -2.27. The molecule has 1 heterocycles. The lowest BCUT2D eigenvalue weighted by molar-refractivity contribution is 0.0792. The van der Waals surface area contributed by atoms with Crippen LogP contribution < -0.4 is 10.6 Å². The molecule has 4 rings (SSSR count). The van der Waals surface area contributed by atoms with Crippen molar-refractivity contribution in [1.82, 2.24) is 10.2 Å². The summed E-state index contributed by atoms with van der Waals surface area (Å²) in [4.78, 5) is 39.2. The standard InChI is InChI=1S/C26H23Cl2N3O3/c27-21-13-20(14-22(28)15-21)25(33)30-23-9-7-18(8-10-23)24(32)29-16-17-3-5-19(6-4-17)26(34)31-11-1-2-12-31/h3-10,13-15H,1-2,11-12,16H2,(H,29,32)(H,30,33). The molecule has 0 aromatic heterocycles. The average Bonchev–Trinajstić information content (AvgIpc) is 3.37. The Labute approximate surface area is 207 Å². The number of carbonyl (C=O) groups excluding carboxylic acids is 3. The zero-order valence-corrected chi connectivity index (χ0v) is 19.8. The number of hydrogen-bond donors (Lipinski definition) is 2. The molecule has 0 radical (unpaired) electrons. The van der Waals surface area contributed by atoms with Crippen LogP contribution in [0, 0.1) is 0 Å². The Morgan fingerprint density at radius 3 is 1.94 bits per heavy atom. The van der Waals surface area contributed by atoms with Gasteiger partial charge in [0.1, 0.15) is 0 Å². The normalized spacial score (nSPS) is 12.9. The van der Waals surface area contributed by atoms with Crippen LogP contribution in [0.2, 0.25) is 10.0 Å². The van der Waals surface area contributed by atoms with Gasteiger partial charge in [0.25, 0.3) is 17.7 Å². The monoisotopic (exact) mass is 495 g/mol. The van der Waals surface area contributed by atoms with Crippen molar-refractivity contribution in [2.24, 2.45) is 0 Å². The fourth-order valence-electron chi connectivity index (χ4n) is 3.75. The number of anilines is 1. The third kappa shape index (κ3) is 5.95. The maximum atomic E-state index is 12.5. The third-order valence-corrected chi connectivity index (χ3v) is 6.01. The summed E-state index contributed by atoms with van der Waals surface area (Å²) in [6.45, 7) is 1.97. The van der Waals surface area contributed by atoms with E-state index >= 15 is 0 Å². The van der Waals surface area contributed by atoms with Gasteiger partial charge in [-0.25, -0.2) is 0 Å². The minimum Gasteiger partial charge on any atom is -0.348 e. The first-order chi connectivity index (χ1) is 16.4. The van der Waals surface area contributed by atoms with Crippen LogP contribution in [0.1, 0.15) is 49.5 Å². The van der Waals surface area contributed by atoms with E-state index in [-0.39, 0.29) is 17.7 Å². The molecule has 0 atom stereocenters. The number of hydrogen-bond acceptors (Lipinski definition) is 3. The van der Waals surface area contributed by atoms with Crippen molar-refractivity contribution in [3.63, 3.8) is 0 Å². The Bertz CT molecular complexity index is 1180. The molecule has 8 heteroatoms. The van der Waals surface area contributed by atoms with Gasteiger partial charge in [0.2, 0.25) is 0 Å². The summed E-state index contributed by atoms with van der Waals surface area (Å²) in [6.07, 6.45) is 2.11. The van der Waals surface area contributed by atoms with Crippen LogP contribution in [0.25, 0.3) is 0 Å². The number of likely N-dealkylation sites (tertiary alicyclic amines) is 1. The molecule has 1 aliphatic rings. The molecule has 0 saturated carbocycles. The maximum Gasteiger partial charge on any atom is 0.255 e. The van der Waals surface area contributed by atoms with E-state index in [0.29, 0.717) is 39.0 Å². The van der Waals surface area contributed by atoms with Gasteiger partial charge in [-0.1, -0.05) is 35.3 Å². The lowest BCUT2D eigenvalue weighted by Gasteiger charge is -2.15. The van der Waals surface area contributed by atoms with E-state index in [9.17, 15) is 14.4 Å². The Balaban J connectivity index is 1.30. The molecule has 1 fully saturated rings. The zero-order chi connectivity index (χ0) is 24.1. The van der Waals surface area contributed by atoms with Crippen LogP contribution in [0.4, 0.5) is 5.69 Å². The second-order valence-electron chi connectivity index (χ2n) is 8.07. The summed E-state index contributed by atoms with van der Waals surface area (Å²) >= 11 is 11.9. The second-order valence-corrected chi connectivity index (χ2v) is 8.94. The molecule has 0 spiro atoms. The smallest absolute Gasteiger partial charge is 0.255 e. The molecule has 3 aromatic rings. The summed E-state index contributed by atoms with van der Waals surface area (Å²) in [5, 5.41) is 6.36. The number of nitrogens with one attached hydrogen (secondary N) is 2. The molecule has 1 aliphatic heterocycles. The highest BCUT2D eigenvalue weighted by Crippen LogP contribution is 2.20. The highest BCUT2D eigenvalue weighted by atomic mass is 35.5. The van der Waals surface area contributed by atoms with Gasteiger partial charge in [-0.05, 0) is 73.0 Å². The fraction of sp³-hybridized carbons (Fsp3) is 0.192. The van der Waals surface area contributed by atoms with Crippen molar-refractivity contribution >= 4 is 46.6 Å². The van der Waals surface area contributed by atoms with E-state index < -0.39 is 0 Å². The summed E-state index contributed by atoms with van der Waals surface area (Å²) in [7, 11) is 0. The van der Waals surface area contributed by atoms with E-state index in [4.69, 9.17) is 23.2 Å². The van der Waals surface area contributed by atoms with Gasteiger partial charge in [0, 0.05) is 52.1 Å². The first kappa shape index (κ1) is 23.8.